The van der Waals surface area contributed by atoms with Crippen molar-refractivity contribution in [2.45, 2.75) is 34.6 Å². The highest BCUT2D eigenvalue weighted by molar-refractivity contribution is 5.86. The maximum absolute atomic E-state index is 12.3. The Morgan fingerprint density at radius 2 is 1.74 bits per heavy atom. The van der Waals surface area contributed by atoms with Crippen LogP contribution in [0.15, 0.2) is 71.6 Å². The maximum atomic E-state index is 12.3. The van der Waals surface area contributed by atoms with Gasteiger partial charge < -0.3 is 4.74 Å². The van der Waals surface area contributed by atoms with Crippen LogP contribution in [0.25, 0.3) is 0 Å². The SMILES string of the molecule is CC.CC1C=CC=C(C2C(=O)OC3=C2C=CC(C)(C)C=C3)C=C1. The van der Waals surface area contributed by atoms with Crippen molar-refractivity contribution >= 4 is 5.97 Å². The van der Waals surface area contributed by atoms with Gasteiger partial charge in [-0.3, -0.25) is 4.79 Å². The van der Waals surface area contributed by atoms with Gasteiger partial charge in [-0.05, 0) is 17.6 Å². The van der Waals surface area contributed by atoms with Gasteiger partial charge in [0.05, 0.1) is 0 Å². The molecule has 0 spiro atoms. The van der Waals surface area contributed by atoms with Crippen molar-refractivity contribution in [1.29, 1.82) is 0 Å². The third-order valence-electron chi connectivity index (χ3n) is 4.03. The number of hydrogen-bond donors (Lipinski definition) is 0. The predicted molar refractivity (Wildman–Crippen MR) is 95.5 cm³/mol. The maximum Gasteiger partial charge on any atom is 0.323 e. The Kier molecular flexibility index (Phi) is 5.25. The van der Waals surface area contributed by atoms with Crippen molar-refractivity contribution < 1.29 is 9.53 Å². The third kappa shape index (κ3) is 3.82. The molecule has 0 radical (unpaired) electrons. The van der Waals surface area contributed by atoms with E-state index < -0.39 is 0 Å². The monoisotopic (exact) mass is 310 g/mol. The van der Waals surface area contributed by atoms with E-state index >= 15 is 0 Å². The molecule has 0 fully saturated rings. The van der Waals surface area contributed by atoms with Gasteiger partial charge in [-0.25, -0.2) is 0 Å². The van der Waals surface area contributed by atoms with Crippen LogP contribution in [0.3, 0.4) is 0 Å². The largest absolute Gasteiger partial charge is 0.426 e. The van der Waals surface area contributed by atoms with Gasteiger partial charge in [0.25, 0.3) is 0 Å². The molecule has 0 aromatic carbocycles. The Labute approximate surface area is 139 Å². The smallest absolute Gasteiger partial charge is 0.323 e. The average molecular weight is 310 g/mol. The van der Waals surface area contributed by atoms with Crippen LogP contribution in [-0.4, -0.2) is 5.97 Å². The summed E-state index contributed by atoms with van der Waals surface area (Å²) in [4.78, 5) is 12.3. The highest BCUT2D eigenvalue weighted by Gasteiger charge is 2.36. The Bertz CT molecular complexity index is 651. The molecular formula is C21H26O2. The zero-order valence-electron chi connectivity index (χ0n) is 14.7. The van der Waals surface area contributed by atoms with Crippen LogP contribution in [0, 0.1) is 17.3 Å². The summed E-state index contributed by atoms with van der Waals surface area (Å²) in [5, 5.41) is 0. The lowest BCUT2D eigenvalue weighted by Crippen LogP contribution is -2.13. The van der Waals surface area contributed by atoms with Crippen LogP contribution >= 0.6 is 0 Å². The minimum absolute atomic E-state index is 0.0244. The molecule has 2 atom stereocenters. The Hall–Kier alpha value is -2.09. The Morgan fingerprint density at radius 1 is 1.04 bits per heavy atom. The van der Waals surface area contributed by atoms with E-state index in [0.717, 1.165) is 11.1 Å². The van der Waals surface area contributed by atoms with E-state index in [0.29, 0.717) is 11.7 Å². The first-order chi connectivity index (χ1) is 11.0. The number of rotatable bonds is 1. The summed E-state index contributed by atoms with van der Waals surface area (Å²) in [7, 11) is 0. The highest BCUT2D eigenvalue weighted by atomic mass is 16.5. The molecule has 2 aliphatic carbocycles. The van der Waals surface area contributed by atoms with Crippen molar-refractivity contribution in [1.82, 2.24) is 0 Å². The van der Waals surface area contributed by atoms with Gasteiger partial charge in [-0.15, -0.1) is 0 Å². The van der Waals surface area contributed by atoms with Crippen LogP contribution in [0.1, 0.15) is 34.6 Å². The van der Waals surface area contributed by atoms with Crippen LogP contribution < -0.4 is 0 Å². The number of allylic oxidation sites excluding steroid dienone is 9. The predicted octanol–water partition coefficient (Wildman–Crippen LogP) is 5.28. The van der Waals surface area contributed by atoms with Crippen molar-refractivity contribution in [3.05, 3.63) is 71.6 Å². The summed E-state index contributed by atoms with van der Waals surface area (Å²) < 4.78 is 5.48. The van der Waals surface area contributed by atoms with Gasteiger partial charge in [0, 0.05) is 11.0 Å². The molecule has 0 bridgehead atoms. The quantitative estimate of drug-likeness (QED) is 0.616. The lowest BCUT2D eigenvalue weighted by atomic mass is 9.89. The van der Waals surface area contributed by atoms with Crippen molar-refractivity contribution in [3.63, 3.8) is 0 Å². The molecule has 0 amide bonds. The Morgan fingerprint density at radius 3 is 2.48 bits per heavy atom. The molecule has 0 aromatic rings. The van der Waals surface area contributed by atoms with Crippen LogP contribution in [0.2, 0.25) is 0 Å². The zero-order chi connectivity index (χ0) is 17.0. The lowest BCUT2D eigenvalue weighted by molar-refractivity contribution is -0.138. The normalized spacial score (nSPS) is 27.5. The molecule has 3 aliphatic rings. The topological polar surface area (TPSA) is 26.3 Å². The van der Waals surface area contributed by atoms with Gasteiger partial charge in [0.15, 0.2) is 0 Å². The van der Waals surface area contributed by atoms with Crippen LogP contribution in [0.5, 0.6) is 0 Å². The Balaban J connectivity index is 0.000000924. The molecule has 23 heavy (non-hydrogen) atoms. The molecule has 0 saturated heterocycles. The molecule has 0 saturated carbocycles. The molecule has 2 unspecified atom stereocenters. The second kappa shape index (κ2) is 6.99. The van der Waals surface area contributed by atoms with E-state index in [1.165, 1.54) is 0 Å². The lowest BCUT2D eigenvalue weighted by Gasteiger charge is -2.14. The standard InChI is InChI=1S/C19H20O2.C2H6/c1-13-5-4-6-14(8-7-13)17-15-9-11-19(2,3)12-10-16(15)21-18(17)20;1-2/h4-13,17H,1-3H3;1-2H3. The fraction of sp³-hybridized carbons (Fsp3) is 0.381. The van der Waals surface area contributed by atoms with Crippen molar-refractivity contribution in [3.8, 4) is 0 Å². The number of ether oxygens (including phenoxy) is 1. The van der Waals surface area contributed by atoms with E-state index in [4.69, 9.17) is 4.74 Å². The first-order valence-electron chi connectivity index (χ1n) is 8.37. The number of esters is 1. The van der Waals surface area contributed by atoms with E-state index in [2.05, 4.69) is 45.1 Å². The van der Waals surface area contributed by atoms with E-state index in [1.54, 1.807) is 0 Å². The molecule has 1 aliphatic heterocycles. The van der Waals surface area contributed by atoms with Gasteiger partial charge >= 0.3 is 5.97 Å². The van der Waals surface area contributed by atoms with Crippen LogP contribution in [-0.2, 0) is 9.53 Å². The molecule has 3 rings (SSSR count). The molecular weight excluding hydrogens is 284 g/mol. The van der Waals surface area contributed by atoms with Crippen molar-refractivity contribution in [2.24, 2.45) is 17.3 Å². The molecule has 0 aromatic heterocycles. The first kappa shape index (κ1) is 17.3. The van der Waals surface area contributed by atoms with Gasteiger partial charge in [-0.1, -0.05) is 83.2 Å². The fourth-order valence-corrected chi connectivity index (χ4v) is 2.69. The molecule has 0 N–H and O–H groups in total. The molecule has 2 heteroatoms. The van der Waals surface area contributed by atoms with Gasteiger partial charge in [-0.2, -0.15) is 0 Å². The van der Waals surface area contributed by atoms with E-state index in [-0.39, 0.29) is 17.3 Å². The minimum atomic E-state index is -0.319. The third-order valence-corrected chi connectivity index (χ3v) is 4.03. The average Bonchev–Trinajstić information content (AvgIpc) is 2.65. The summed E-state index contributed by atoms with van der Waals surface area (Å²) in [6.45, 7) is 10.4. The second-order valence-corrected chi connectivity index (χ2v) is 6.43. The minimum Gasteiger partial charge on any atom is -0.426 e. The summed E-state index contributed by atoms with van der Waals surface area (Å²) in [6, 6.07) is 0. The van der Waals surface area contributed by atoms with E-state index in [9.17, 15) is 4.79 Å². The highest BCUT2D eigenvalue weighted by Crippen LogP contribution is 2.38. The first-order valence-corrected chi connectivity index (χ1v) is 8.37. The number of carbonyl (C=O) groups is 1. The summed E-state index contributed by atoms with van der Waals surface area (Å²) >= 11 is 0. The number of hydrogen-bond acceptors (Lipinski definition) is 2. The summed E-state index contributed by atoms with van der Waals surface area (Å²) in [5.41, 5.74) is 1.92. The summed E-state index contributed by atoms with van der Waals surface area (Å²) in [5.74, 6) is 0.560. The molecule has 2 nitrogen and oxygen atoms in total. The van der Waals surface area contributed by atoms with E-state index in [1.807, 2.05) is 44.2 Å². The van der Waals surface area contributed by atoms with Gasteiger partial charge in [0.1, 0.15) is 11.7 Å². The second-order valence-electron chi connectivity index (χ2n) is 6.43. The van der Waals surface area contributed by atoms with Gasteiger partial charge in [0.2, 0.25) is 0 Å². The fourth-order valence-electron chi connectivity index (χ4n) is 2.69. The zero-order valence-corrected chi connectivity index (χ0v) is 14.7. The van der Waals surface area contributed by atoms with Crippen LogP contribution in [0.4, 0.5) is 0 Å². The number of carbonyl (C=O) groups excluding carboxylic acids is 1. The van der Waals surface area contributed by atoms with Crippen molar-refractivity contribution in [2.75, 3.05) is 0 Å². The summed E-state index contributed by atoms with van der Waals surface area (Å²) in [6.07, 6.45) is 18.5. The molecule has 122 valence electrons. The molecule has 1 heterocycles.